The highest BCUT2D eigenvalue weighted by Gasteiger charge is 2.34. The average molecular weight is 730 g/mol. The van der Waals surface area contributed by atoms with Crippen LogP contribution in [0.15, 0.2) is 42.9 Å². The summed E-state index contributed by atoms with van der Waals surface area (Å²) in [5.74, 6) is -2.73. The molecule has 1 aromatic heterocycles. The zero-order chi connectivity index (χ0) is 39.2. The van der Waals surface area contributed by atoms with E-state index in [-0.39, 0.29) is 31.2 Å². The minimum atomic E-state index is -1.26. The van der Waals surface area contributed by atoms with Crippen molar-refractivity contribution < 1.29 is 38.9 Å². The summed E-state index contributed by atoms with van der Waals surface area (Å²) >= 11 is 0. The highest BCUT2D eigenvalue weighted by Crippen LogP contribution is 2.15. The molecule has 6 atom stereocenters. The number of carbonyl (C=O) groups excluding carboxylic acids is 4. The number of amides is 5. The maximum atomic E-state index is 14.0. The van der Waals surface area contributed by atoms with Crippen molar-refractivity contribution in [1.82, 2.24) is 36.1 Å². The molecule has 2 rings (SSSR count). The lowest BCUT2D eigenvalue weighted by atomic mass is 9.97. The van der Waals surface area contributed by atoms with E-state index in [1.807, 2.05) is 51.1 Å². The van der Waals surface area contributed by atoms with Crippen LogP contribution in [0.1, 0.15) is 86.4 Å². The van der Waals surface area contributed by atoms with Gasteiger partial charge in [-0.3, -0.25) is 9.59 Å². The Bertz CT molecular complexity index is 1430. The first-order chi connectivity index (χ1) is 24.3. The fourth-order valence-electron chi connectivity index (χ4n) is 5.46. The zero-order valence-corrected chi connectivity index (χ0v) is 31.9. The van der Waals surface area contributed by atoms with E-state index in [9.17, 15) is 34.2 Å². The van der Waals surface area contributed by atoms with Crippen LogP contribution >= 0.6 is 0 Å². The number of benzene rings is 1. The lowest BCUT2D eigenvalue weighted by Gasteiger charge is -2.35. The van der Waals surface area contributed by atoms with Crippen molar-refractivity contribution in [2.45, 2.75) is 130 Å². The number of rotatable bonds is 19. The first-order valence-electron chi connectivity index (χ1n) is 17.9. The number of H-pyrrole nitrogens is 1. The number of nitrogens with zero attached hydrogens (tertiary/aromatic N) is 2. The molecule has 1 heterocycles. The molecule has 0 aliphatic carbocycles. The smallest absolute Gasteiger partial charge is 0.408 e. The predicted octanol–water partition coefficient (Wildman–Crippen LogP) is 3.38. The van der Waals surface area contributed by atoms with E-state index in [2.05, 4.69) is 31.2 Å². The van der Waals surface area contributed by atoms with E-state index >= 15 is 0 Å². The molecule has 0 aliphatic rings. The summed E-state index contributed by atoms with van der Waals surface area (Å²) in [7, 11) is 0. The Kier molecular flexibility index (Phi) is 17.1. The number of carboxylic acids is 1. The van der Waals surface area contributed by atoms with Gasteiger partial charge in [0.2, 0.25) is 11.8 Å². The molecule has 52 heavy (non-hydrogen) atoms. The quantitative estimate of drug-likeness (QED) is 0.113. The second-order valence-electron chi connectivity index (χ2n) is 14.9. The number of ether oxygens (including phenoxy) is 1. The molecule has 2 aromatic rings. The van der Waals surface area contributed by atoms with Gasteiger partial charge >= 0.3 is 18.1 Å². The van der Waals surface area contributed by atoms with Gasteiger partial charge in [-0.15, -0.1) is 0 Å². The fraction of sp³-hybridized carbons (Fsp3) is 0.622. The van der Waals surface area contributed by atoms with Gasteiger partial charge < -0.3 is 46.1 Å². The average Bonchev–Trinajstić information content (AvgIpc) is 3.56. The summed E-state index contributed by atoms with van der Waals surface area (Å²) in [5, 5.41) is 32.1. The minimum absolute atomic E-state index is 0.00994. The molecular formula is C37H59N7O8. The van der Waals surface area contributed by atoms with Crippen LogP contribution in [0.2, 0.25) is 0 Å². The third-order valence-corrected chi connectivity index (χ3v) is 8.43. The molecule has 7 N–H and O–H groups in total. The lowest BCUT2D eigenvalue weighted by Crippen LogP contribution is -2.59. The zero-order valence-electron chi connectivity index (χ0n) is 31.9. The third kappa shape index (κ3) is 14.9. The number of alkyl carbamates (subject to hydrolysis) is 1. The number of urea groups is 1. The van der Waals surface area contributed by atoms with E-state index in [0.717, 1.165) is 5.56 Å². The number of imidazole rings is 1. The van der Waals surface area contributed by atoms with Crippen LogP contribution < -0.4 is 21.3 Å². The summed E-state index contributed by atoms with van der Waals surface area (Å²) in [6.45, 7) is 15.8. The van der Waals surface area contributed by atoms with Crippen molar-refractivity contribution in [3.8, 4) is 0 Å². The molecule has 0 radical (unpaired) electrons. The first kappa shape index (κ1) is 43.5. The van der Waals surface area contributed by atoms with Crippen LogP contribution in [-0.4, -0.2) is 103 Å². The number of aliphatic carboxylic acids is 1. The van der Waals surface area contributed by atoms with Crippen molar-refractivity contribution in [1.29, 1.82) is 0 Å². The monoisotopic (exact) mass is 729 g/mol. The standard InChI is InChI=1S/C37H59N7O8/c1-10-24(6)31(34(48)49)43-35(50)44(23(4)5)20-30(45)27(16-22(2)3)40-33(47)29(18-26-19-38-21-39-26)41-32(46)28(17-25-14-12-11-13-15-25)42-36(51)52-37(7,8)9/h11-15,19,21-24,27-31,45H,10,16-18,20H2,1-9H3,(H,38,39)(H,40,47)(H,41,46)(H,42,51)(H,43,50)(H,48,49)/t24-,27-,28-,29-,30?,31-/m0/s1. The predicted molar refractivity (Wildman–Crippen MR) is 196 cm³/mol. The molecule has 0 saturated carbocycles. The molecule has 0 bridgehead atoms. The number of aliphatic hydroxyl groups is 1. The number of carbonyl (C=O) groups is 5. The van der Waals surface area contributed by atoms with E-state index in [1.165, 1.54) is 11.2 Å². The van der Waals surface area contributed by atoms with E-state index in [1.54, 1.807) is 47.7 Å². The van der Waals surface area contributed by atoms with Crippen LogP contribution in [0.5, 0.6) is 0 Å². The van der Waals surface area contributed by atoms with Crippen molar-refractivity contribution in [2.24, 2.45) is 11.8 Å². The minimum Gasteiger partial charge on any atom is -0.480 e. The Balaban J connectivity index is 2.35. The number of aromatic nitrogens is 2. The Morgan fingerprint density at radius 2 is 1.52 bits per heavy atom. The highest BCUT2D eigenvalue weighted by atomic mass is 16.6. The summed E-state index contributed by atoms with van der Waals surface area (Å²) in [5.41, 5.74) is 0.437. The van der Waals surface area contributed by atoms with Crippen LogP contribution in [0.3, 0.4) is 0 Å². The van der Waals surface area contributed by atoms with Gasteiger partial charge in [0.1, 0.15) is 23.7 Å². The Labute approximate surface area is 307 Å². The summed E-state index contributed by atoms with van der Waals surface area (Å²) in [4.78, 5) is 74.3. The molecule has 15 heteroatoms. The molecule has 290 valence electrons. The maximum Gasteiger partial charge on any atom is 0.408 e. The van der Waals surface area contributed by atoms with Crippen molar-refractivity contribution >= 4 is 29.9 Å². The van der Waals surface area contributed by atoms with Crippen molar-refractivity contribution in [3.63, 3.8) is 0 Å². The number of aliphatic hydroxyl groups excluding tert-OH is 1. The van der Waals surface area contributed by atoms with Crippen LogP contribution in [0, 0.1) is 11.8 Å². The summed E-state index contributed by atoms with van der Waals surface area (Å²) < 4.78 is 5.41. The molecular weight excluding hydrogens is 670 g/mol. The van der Waals surface area contributed by atoms with Gasteiger partial charge in [-0.2, -0.15) is 0 Å². The third-order valence-electron chi connectivity index (χ3n) is 8.43. The SMILES string of the molecule is CC[C@H](C)[C@H](NC(=O)N(CC(O)[C@H](CC(C)C)NC(=O)[C@H](Cc1c[nH]cn1)NC(=O)[C@H](Cc1ccccc1)NC(=O)OC(C)(C)C)C(C)C)C(=O)O. The Morgan fingerprint density at radius 3 is 2.04 bits per heavy atom. The van der Waals surface area contributed by atoms with Crippen molar-refractivity contribution in [2.75, 3.05) is 6.54 Å². The molecule has 0 saturated heterocycles. The normalized spacial score (nSPS) is 15.1. The van der Waals surface area contributed by atoms with Crippen LogP contribution in [0.25, 0.3) is 0 Å². The summed E-state index contributed by atoms with van der Waals surface area (Å²) in [6.07, 6.45) is 1.95. The molecule has 0 aliphatic heterocycles. The number of hydrogen-bond acceptors (Lipinski definition) is 8. The number of nitrogens with one attached hydrogen (secondary N) is 5. The number of aromatic amines is 1. The van der Waals surface area contributed by atoms with Crippen LogP contribution in [0.4, 0.5) is 9.59 Å². The van der Waals surface area contributed by atoms with E-state index in [4.69, 9.17) is 4.74 Å². The van der Waals surface area contributed by atoms with Gasteiger partial charge in [0.05, 0.1) is 30.7 Å². The van der Waals surface area contributed by atoms with Gasteiger partial charge in [-0.1, -0.05) is 64.4 Å². The van der Waals surface area contributed by atoms with Gasteiger partial charge in [0.15, 0.2) is 0 Å². The van der Waals surface area contributed by atoms with Gasteiger partial charge in [0, 0.05) is 25.1 Å². The van der Waals surface area contributed by atoms with Crippen LogP contribution in [-0.2, 0) is 32.0 Å². The second kappa shape index (κ2) is 20.4. The van der Waals surface area contributed by atoms with Gasteiger partial charge in [-0.25, -0.2) is 19.4 Å². The van der Waals surface area contributed by atoms with Crippen molar-refractivity contribution in [3.05, 3.63) is 54.1 Å². The molecule has 15 nitrogen and oxygen atoms in total. The molecule has 0 spiro atoms. The maximum absolute atomic E-state index is 14.0. The lowest BCUT2D eigenvalue weighted by molar-refractivity contribution is -0.140. The first-order valence-corrected chi connectivity index (χ1v) is 17.9. The number of carboxylic acid groups (broad SMARTS) is 1. The molecule has 1 aromatic carbocycles. The van der Waals surface area contributed by atoms with E-state index in [0.29, 0.717) is 18.5 Å². The van der Waals surface area contributed by atoms with Gasteiger partial charge in [-0.05, 0) is 58.4 Å². The molecule has 1 unspecified atom stereocenters. The molecule has 5 amide bonds. The topological polar surface area (TPSA) is 215 Å². The highest BCUT2D eigenvalue weighted by molar-refractivity contribution is 5.92. The van der Waals surface area contributed by atoms with E-state index < -0.39 is 71.8 Å². The Morgan fingerprint density at radius 1 is 0.904 bits per heavy atom. The fourth-order valence-corrected chi connectivity index (χ4v) is 5.46. The molecule has 0 fully saturated rings. The Hall–Kier alpha value is -4.66. The summed E-state index contributed by atoms with van der Waals surface area (Å²) in [6, 6.07) is 3.76. The second-order valence-corrected chi connectivity index (χ2v) is 14.9. The number of hydrogen-bond donors (Lipinski definition) is 7. The van der Waals surface area contributed by atoms with Gasteiger partial charge in [0.25, 0.3) is 0 Å². The largest absolute Gasteiger partial charge is 0.480 e.